The number of aromatic nitrogens is 3. The van der Waals surface area contributed by atoms with E-state index in [2.05, 4.69) is 15.5 Å². The zero-order chi connectivity index (χ0) is 16.4. The number of nitrogens with one attached hydrogen (secondary N) is 1. The third-order valence-corrected chi connectivity index (χ3v) is 4.46. The standard InChI is InChI=1S/C15H17N5O2S/c1-15(2)12(21)19(13(22)17-15)8-9-23-14-18-16-10-20(14)11-6-4-3-5-7-11/h3-7,10H,8-9H2,1-2H3,(H,17,22). The SMILES string of the molecule is CC1(C)NC(=O)N(CCSc2nncn2-c2ccccc2)C1=O. The number of carbonyl (C=O) groups excluding carboxylic acids is 2. The summed E-state index contributed by atoms with van der Waals surface area (Å²) in [6, 6.07) is 9.42. The van der Waals surface area contributed by atoms with Crippen LogP contribution in [0.3, 0.4) is 0 Å². The van der Waals surface area contributed by atoms with Crippen molar-refractivity contribution >= 4 is 23.7 Å². The van der Waals surface area contributed by atoms with Crippen LogP contribution in [-0.2, 0) is 4.79 Å². The number of hydrogen-bond donors (Lipinski definition) is 1. The van der Waals surface area contributed by atoms with Gasteiger partial charge in [-0.25, -0.2) is 4.79 Å². The fourth-order valence-corrected chi connectivity index (χ4v) is 3.19. The molecule has 0 radical (unpaired) electrons. The maximum atomic E-state index is 12.1. The number of thioether (sulfide) groups is 1. The van der Waals surface area contributed by atoms with Gasteiger partial charge >= 0.3 is 6.03 Å². The molecule has 0 aliphatic carbocycles. The minimum Gasteiger partial charge on any atom is -0.324 e. The van der Waals surface area contributed by atoms with E-state index in [0.717, 1.165) is 10.8 Å². The van der Waals surface area contributed by atoms with Crippen molar-refractivity contribution in [3.05, 3.63) is 36.7 Å². The smallest absolute Gasteiger partial charge is 0.324 e. The van der Waals surface area contributed by atoms with Gasteiger partial charge in [0.05, 0.1) is 0 Å². The number of benzene rings is 1. The third kappa shape index (κ3) is 3.07. The van der Waals surface area contributed by atoms with Crippen LogP contribution in [0.1, 0.15) is 13.8 Å². The highest BCUT2D eigenvalue weighted by molar-refractivity contribution is 7.99. The molecule has 120 valence electrons. The van der Waals surface area contributed by atoms with Crippen molar-refractivity contribution in [2.24, 2.45) is 0 Å². The number of rotatable bonds is 5. The van der Waals surface area contributed by atoms with Crippen molar-refractivity contribution in [1.82, 2.24) is 25.0 Å². The topological polar surface area (TPSA) is 80.1 Å². The fourth-order valence-electron chi connectivity index (χ4n) is 2.34. The van der Waals surface area contributed by atoms with Crippen LogP contribution in [0.25, 0.3) is 5.69 Å². The van der Waals surface area contributed by atoms with Crippen LogP contribution in [-0.4, -0.2) is 49.4 Å². The van der Waals surface area contributed by atoms with Gasteiger partial charge in [-0.05, 0) is 26.0 Å². The number of amides is 3. The molecule has 0 atom stereocenters. The Balaban J connectivity index is 1.64. The Morgan fingerprint density at radius 3 is 2.61 bits per heavy atom. The average molecular weight is 331 g/mol. The van der Waals surface area contributed by atoms with Gasteiger partial charge in [0.15, 0.2) is 5.16 Å². The first-order valence-electron chi connectivity index (χ1n) is 7.21. The molecule has 1 N–H and O–H groups in total. The van der Waals surface area contributed by atoms with Crippen molar-refractivity contribution < 1.29 is 9.59 Å². The largest absolute Gasteiger partial charge is 0.325 e. The highest BCUT2D eigenvalue weighted by Crippen LogP contribution is 2.21. The van der Waals surface area contributed by atoms with E-state index in [-0.39, 0.29) is 11.9 Å². The number of urea groups is 1. The Morgan fingerprint density at radius 2 is 1.96 bits per heavy atom. The van der Waals surface area contributed by atoms with Crippen molar-refractivity contribution in [2.75, 3.05) is 12.3 Å². The van der Waals surface area contributed by atoms with Gasteiger partial charge in [-0.15, -0.1) is 10.2 Å². The van der Waals surface area contributed by atoms with Gasteiger partial charge in [0.25, 0.3) is 5.91 Å². The second kappa shape index (κ2) is 6.04. The van der Waals surface area contributed by atoms with Crippen molar-refractivity contribution in [3.63, 3.8) is 0 Å². The molecule has 0 bridgehead atoms. The van der Waals surface area contributed by atoms with Gasteiger partial charge in [-0.1, -0.05) is 30.0 Å². The van der Waals surface area contributed by atoms with E-state index in [4.69, 9.17) is 0 Å². The minimum absolute atomic E-state index is 0.201. The minimum atomic E-state index is -0.828. The molecule has 0 spiro atoms. The number of hydrogen-bond acceptors (Lipinski definition) is 5. The van der Waals surface area contributed by atoms with E-state index in [9.17, 15) is 9.59 Å². The molecule has 2 heterocycles. The number of para-hydroxylation sites is 1. The van der Waals surface area contributed by atoms with E-state index < -0.39 is 5.54 Å². The van der Waals surface area contributed by atoms with Gasteiger partial charge < -0.3 is 5.32 Å². The molecule has 1 aliphatic heterocycles. The van der Waals surface area contributed by atoms with Gasteiger partial charge in [-0.3, -0.25) is 14.3 Å². The molecule has 3 amide bonds. The Kier molecular flexibility index (Phi) is 4.08. The summed E-state index contributed by atoms with van der Waals surface area (Å²) in [5.74, 6) is 0.355. The first kappa shape index (κ1) is 15.5. The number of carbonyl (C=O) groups is 2. The summed E-state index contributed by atoms with van der Waals surface area (Å²) in [7, 11) is 0. The first-order valence-corrected chi connectivity index (χ1v) is 8.20. The molecule has 0 unspecified atom stereocenters. The Hall–Kier alpha value is -2.35. The monoisotopic (exact) mass is 331 g/mol. The zero-order valence-corrected chi connectivity index (χ0v) is 13.7. The van der Waals surface area contributed by atoms with E-state index in [1.54, 1.807) is 20.2 Å². The highest BCUT2D eigenvalue weighted by Gasteiger charge is 2.43. The van der Waals surface area contributed by atoms with E-state index in [1.807, 2.05) is 34.9 Å². The maximum Gasteiger partial charge on any atom is 0.325 e. The molecular formula is C15H17N5O2S. The summed E-state index contributed by atoms with van der Waals surface area (Å²) in [6.45, 7) is 3.74. The summed E-state index contributed by atoms with van der Waals surface area (Å²) in [5, 5.41) is 11.4. The predicted octanol–water partition coefficient (Wildman–Crippen LogP) is 1.69. The average Bonchev–Trinajstić information content (AvgIpc) is 3.06. The lowest BCUT2D eigenvalue weighted by atomic mass is 10.1. The fraction of sp³-hybridized carbons (Fsp3) is 0.333. The molecule has 1 saturated heterocycles. The summed E-state index contributed by atoms with van der Waals surface area (Å²) >= 11 is 1.46. The van der Waals surface area contributed by atoms with Crippen LogP contribution in [0, 0.1) is 0 Å². The molecule has 7 nitrogen and oxygen atoms in total. The van der Waals surface area contributed by atoms with E-state index >= 15 is 0 Å². The number of nitrogens with zero attached hydrogens (tertiary/aromatic N) is 4. The van der Waals surface area contributed by atoms with Crippen LogP contribution in [0.2, 0.25) is 0 Å². The van der Waals surface area contributed by atoms with Gasteiger partial charge in [0, 0.05) is 18.0 Å². The Labute approximate surface area is 138 Å². The van der Waals surface area contributed by atoms with Gasteiger partial charge in [0.1, 0.15) is 11.9 Å². The third-order valence-electron chi connectivity index (χ3n) is 3.54. The molecule has 8 heteroatoms. The summed E-state index contributed by atoms with van der Waals surface area (Å²) in [4.78, 5) is 25.2. The lowest BCUT2D eigenvalue weighted by Gasteiger charge is -2.15. The normalized spacial score (nSPS) is 16.7. The lowest BCUT2D eigenvalue weighted by Crippen LogP contribution is -2.40. The lowest BCUT2D eigenvalue weighted by molar-refractivity contribution is -0.130. The zero-order valence-electron chi connectivity index (χ0n) is 12.9. The quantitative estimate of drug-likeness (QED) is 0.666. The van der Waals surface area contributed by atoms with Crippen LogP contribution >= 0.6 is 11.8 Å². The van der Waals surface area contributed by atoms with Crippen LogP contribution < -0.4 is 5.32 Å². The van der Waals surface area contributed by atoms with Crippen molar-refractivity contribution in [2.45, 2.75) is 24.5 Å². The molecule has 1 fully saturated rings. The predicted molar refractivity (Wildman–Crippen MR) is 86.4 cm³/mol. The Morgan fingerprint density at radius 1 is 1.22 bits per heavy atom. The summed E-state index contributed by atoms with van der Waals surface area (Å²) in [6.07, 6.45) is 1.65. The molecule has 3 rings (SSSR count). The first-order chi connectivity index (χ1) is 11.0. The molecule has 1 aromatic carbocycles. The van der Waals surface area contributed by atoms with Crippen LogP contribution in [0.5, 0.6) is 0 Å². The molecule has 1 aliphatic rings. The van der Waals surface area contributed by atoms with E-state index in [1.165, 1.54) is 16.7 Å². The van der Waals surface area contributed by atoms with Crippen molar-refractivity contribution in [1.29, 1.82) is 0 Å². The van der Waals surface area contributed by atoms with Gasteiger partial charge in [0.2, 0.25) is 0 Å². The molecule has 1 aromatic heterocycles. The highest BCUT2D eigenvalue weighted by atomic mass is 32.2. The molecular weight excluding hydrogens is 314 g/mol. The molecule has 23 heavy (non-hydrogen) atoms. The second-order valence-electron chi connectivity index (χ2n) is 5.68. The van der Waals surface area contributed by atoms with E-state index in [0.29, 0.717) is 12.3 Å². The maximum absolute atomic E-state index is 12.1. The summed E-state index contributed by atoms with van der Waals surface area (Å²) < 4.78 is 1.88. The number of imide groups is 1. The van der Waals surface area contributed by atoms with Gasteiger partial charge in [-0.2, -0.15) is 0 Å². The Bertz CT molecular complexity index is 728. The van der Waals surface area contributed by atoms with Crippen LogP contribution in [0.4, 0.5) is 4.79 Å². The molecule has 2 aromatic rings. The van der Waals surface area contributed by atoms with Crippen molar-refractivity contribution in [3.8, 4) is 5.69 Å². The second-order valence-corrected chi connectivity index (χ2v) is 6.74. The van der Waals surface area contributed by atoms with Crippen LogP contribution in [0.15, 0.2) is 41.8 Å². The molecule has 0 saturated carbocycles. The summed E-state index contributed by atoms with van der Waals surface area (Å²) in [5.41, 5.74) is 0.141.